The third kappa shape index (κ3) is 2.83. The average molecular weight is 284 g/mol. The Kier molecular flexibility index (Phi) is 4.01. The van der Waals surface area contributed by atoms with E-state index in [2.05, 4.69) is 20.2 Å². The molecule has 0 atom stereocenters. The Labute approximate surface area is 124 Å². The van der Waals surface area contributed by atoms with E-state index in [0.29, 0.717) is 0 Å². The number of benzene rings is 1. The summed E-state index contributed by atoms with van der Waals surface area (Å²) in [5.74, 6) is 1.06. The second-order valence-corrected chi connectivity index (χ2v) is 5.13. The first kappa shape index (κ1) is 13.8. The van der Waals surface area contributed by atoms with Crippen LogP contribution >= 0.6 is 0 Å². The fourth-order valence-electron chi connectivity index (χ4n) is 2.59. The van der Waals surface area contributed by atoms with E-state index in [-0.39, 0.29) is 5.75 Å². The fraction of sp³-hybridized carbons (Fsp3) is 0.375. The Hall–Kier alpha value is -2.14. The Morgan fingerprint density at radius 1 is 1.24 bits per heavy atom. The van der Waals surface area contributed by atoms with Gasteiger partial charge in [0.15, 0.2) is 0 Å². The van der Waals surface area contributed by atoms with E-state index in [1.54, 1.807) is 6.07 Å². The quantitative estimate of drug-likeness (QED) is 0.900. The zero-order valence-electron chi connectivity index (χ0n) is 12.2. The number of aryl methyl sites for hydroxylation is 1. The highest BCUT2D eigenvalue weighted by molar-refractivity contribution is 5.78. The molecule has 1 aliphatic heterocycles. The lowest BCUT2D eigenvalue weighted by Crippen LogP contribution is -2.43. The van der Waals surface area contributed by atoms with Crippen molar-refractivity contribution in [2.75, 3.05) is 31.1 Å². The Morgan fingerprint density at radius 2 is 2.00 bits per heavy atom. The van der Waals surface area contributed by atoms with Gasteiger partial charge in [-0.15, -0.1) is 0 Å². The molecular formula is C16H20N4O. The number of phenols is 1. The molecule has 2 N–H and O–H groups in total. The zero-order chi connectivity index (χ0) is 14.7. The predicted molar refractivity (Wildman–Crippen MR) is 83.6 cm³/mol. The summed E-state index contributed by atoms with van der Waals surface area (Å²) in [6.45, 7) is 5.80. The van der Waals surface area contributed by atoms with E-state index < -0.39 is 0 Å². The molecule has 0 saturated carbocycles. The molecule has 5 nitrogen and oxygen atoms in total. The molecule has 21 heavy (non-hydrogen) atoms. The van der Waals surface area contributed by atoms with Crippen LogP contribution in [0.5, 0.6) is 5.75 Å². The van der Waals surface area contributed by atoms with E-state index in [0.717, 1.165) is 55.4 Å². The van der Waals surface area contributed by atoms with E-state index >= 15 is 0 Å². The molecule has 0 radical (unpaired) electrons. The van der Waals surface area contributed by atoms with Gasteiger partial charge in [0, 0.05) is 38.2 Å². The molecule has 0 unspecified atom stereocenters. The molecule has 2 heterocycles. The molecule has 1 saturated heterocycles. The van der Waals surface area contributed by atoms with Crippen LogP contribution in [0.1, 0.15) is 12.7 Å². The Balaban J connectivity index is 2.09. The number of rotatable bonds is 3. The highest BCUT2D eigenvalue weighted by Crippen LogP contribution is 2.34. The van der Waals surface area contributed by atoms with Gasteiger partial charge in [-0.2, -0.15) is 0 Å². The van der Waals surface area contributed by atoms with Crippen LogP contribution in [0.15, 0.2) is 30.5 Å². The number of hydrogen-bond acceptors (Lipinski definition) is 5. The van der Waals surface area contributed by atoms with Gasteiger partial charge in [0.1, 0.15) is 17.3 Å². The molecule has 0 aliphatic carbocycles. The van der Waals surface area contributed by atoms with Crippen LogP contribution in [-0.2, 0) is 6.42 Å². The van der Waals surface area contributed by atoms with E-state index in [9.17, 15) is 5.11 Å². The van der Waals surface area contributed by atoms with Gasteiger partial charge in [0.05, 0.1) is 11.9 Å². The first-order valence-corrected chi connectivity index (χ1v) is 7.39. The molecule has 0 bridgehead atoms. The second-order valence-electron chi connectivity index (χ2n) is 5.13. The molecule has 2 aromatic rings. The molecule has 110 valence electrons. The second kappa shape index (κ2) is 6.10. The maximum absolute atomic E-state index is 10.2. The lowest BCUT2D eigenvalue weighted by Gasteiger charge is -2.30. The first-order chi connectivity index (χ1) is 10.3. The molecule has 5 heteroatoms. The van der Waals surface area contributed by atoms with Crippen molar-refractivity contribution in [2.24, 2.45) is 0 Å². The number of nitrogens with zero attached hydrogens (tertiary/aromatic N) is 3. The van der Waals surface area contributed by atoms with Gasteiger partial charge in [0.2, 0.25) is 0 Å². The van der Waals surface area contributed by atoms with Crippen molar-refractivity contribution >= 4 is 5.69 Å². The van der Waals surface area contributed by atoms with Crippen molar-refractivity contribution in [2.45, 2.75) is 13.3 Å². The summed E-state index contributed by atoms with van der Waals surface area (Å²) in [5.41, 5.74) is 2.58. The van der Waals surface area contributed by atoms with E-state index in [4.69, 9.17) is 0 Å². The van der Waals surface area contributed by atoms with Gasteiger partial charge in [0.25, 0.3) is 0 Å². The summed E-state index contributed by atoms with van der Waals surface area (Å²) in [5, 5.41) is 13.5. The number of piperazine rings is 1. The number of para-hydroxylation sites is 1. The summed E-state index contributed by atoms with van der Waals surface area (Å²) >= 11 is 0. The van der Waals surface area contributed by atoms with Gasteiger partial charge >= 0.3 is 0 Å². The van der Waals surface area contributed by atoms with Crippen molar-refractivity contribution in [1.82, 2.24) is 15.3 Å². The monoisotopic (exact) mass is 284 g/mol. The number of hydrogen-bond donors (Lipinski definition) is 2. The molecule has 3 rings (SSSR count). The number of aromatic hydroxyl groups is 1. The number of aromatic nitrogens is 2. The lowest BCUT2D eigenvalue weighted by molar-refractivity contribution is 0.477. The molecule has 1 aliphatic rings. The summed E-state index contributed by atoms with van der Waals surface area (Å²) in [6.07, 6.45) is 2.67. The molecule has 0 amide bonds. The molecule has 1 aromatic heterocycles. The van der Waals surface area contributed by atoms with Gasteiger partial charge in [-0.1, -0.05) is 19.1 Å². The largest absolute Gasteiger partial charge is 0.507 e. The van der Waals surface area contributed by atoms with Crippen LogP contribution in [0.3, 0.4) is 0 Å². The van der Waals surface area contributed by atoms with Crippen LogP contribution in [0, 0.1) is 0 Å². The van der Waals surface area contributed by atoms with Crippen LogP contribution in [0.25, 0.3) is 11.3 Å². The van der Waals surface area contributed by atoms with E-state index in [1.165, 1.54) is 0 Å². The lowest BCUT2D eigenvalue weighted by atomic mass is 10.1. The van der Waals surface area contributed by atoms with Crippen LogP contribution in [0.4, 0.5) is 5.69 Å². The van der Waals surface area contributed by atoms with Crippen molar-refractivity contribution in [3.8, 4) is 17.0 Å². The smallest absolute Gasteiger partial charge is 0.128 e. The summed E-state index contributed by atoms with van der Waals surface area (Å²) in [7, 11) is 0. The third-order valence-electron chi connectivity index (χ3n) is 3.75. The summed E-state index contributed by atoms with van der Waals surface area (Å²) in [4.78, 5) is 11.4. The minimum atomic E-state index is 0.259. The molecular weight excluding hydrogens is 264 g/mol. The minimum absolute atomic E-state index is 0.259. The Morgan fingerprint density at radius 3 is 2.71 bits per heavy atom. The fourth-order valence-corrected chi connectivity index (χ4v) is 2.59. The predicted octanol–water partition coefficient (Wildman–Crippen LogP) is 1.82. The molecule has 1 fully saturated rings. The van der Waals surface area contributed by atoms with Gasteiger partial charge < -0.3 is 15.3 Å². The number of anilines is 1. The van der Waals surface area contributed by atoms with Crippen LogP contribution in [-0.4, -0.2) is 41.3 Å². The summed E-state index contributed by atoms with van der Waals surface area (Å²) < 4.78 is 0. The van der Waals surface area contributed by atoms with Crippen molar-refractivity contribution in [3.05, 3.63) is 36.3 Å². The van der Waals surface area contributed by atoms with Gasteiger partial charge in [-0.25, -0.2) is 9.97 Å². The van der Waals surface area contributed by atoms with Crippen molar-refractivity contribution in [3.63, 3.8) is 0 Å². The molecule has 0 spiro atoms. The van der Waals surface area contributed by atoms with Crippen LogP contribution in [0.2, 0.25) is 0 Å². The highest BCUT2D eigenvalue weighted by atomic mass is 16.3. The first-order valence-electron chi connectivity index (χ1n) is 7.39. The third-order valence-corrected chi connectivity index (χ3v) is 3.75. The van der Waals surface area contributed by atoms with Crippen molar-refractivity contribution < 1.29 is 5.11 Å². The highest BCUT2D eigenvalue weighted by Gasteiger charge is 2.19. The van der Waals surface area contributed by atoms with Gasteiger partial charge in [-0.3, -0.25) is 0 Å². The normalized spacial score (nSPS) is 15.2. The number of nitrogens with one attached hydrogen (secondary N) is 1. The van der Waals surface area contributed by atoms with Crippen molar-refractivity contribution in [1.29, 1.82) is 0 Å². The molecule has 1 aromatic carbocycles. The summed E-state index contributed by atoms with van der Waals surface area (Å²) in [6, 6.07) is 7.35. The maximum Gasteiger partial charge on any atom is 0.128 e. The van der Waals surface area contributed by atoms with Gasteiger partial charge in [-0.05, 0) is 12.1 Å². The SMILES string of the molecule is CCc1ncc(N2CCNCC2)c(-c2ccccc2O)n1. The van der Waals surface area contributed by atoms with Crippen LogP contribution < -0.4 is 10.2 Å². The maximum atomic E-state index is 10.2. The minimum Gasteiger partial charge on any atom is -0.507 e. The van der Waals surface area contributed by atoms with E-state index in [1.807, 2.05) is 31.3 Å². The average Bonchev–Trinajstić information content (AvgIpc) is 2.55. The zero-order valence-corrected chi connectivity index (χ0v) is 12.2. The Bertz CT molecular complexity index is 623. The standard InChI is InChI=1S/C16H20N4O/c1-2-15-18-11-13(20-9-7-17-8-10-20)16(19-15)12-5-3-4-6-14(12)21/h3-6,11,17,21H,2,7-10H2,1H3. The topological polar surface area (TPSA) is 61.3 Å². The number of phenolic OH excluding ortho intramolecular Hbond substituents is 1.